The number of thiophene rings is 1. The number of aromatic amines is 1. The van der Waals surface area contributed by atoms with Crippen LogP contribution in [0.25, 0.3) is 10.2 Å². The van der Waals surface area contributed by atoms with Crippen LogP contribution in [0.2, 0.25) is 0 Å². The predicted octanol–water partition coefficient (Wildman–Crippen LogP) is 1.50. The van der Waals surface area contributed by atoms with Crippen molar-refractivity contribution in [2.24, 2.45) is 0 Å². The van der Waals surface area contributed by atoms with E-state index in [2.05, 4.69) is 4.98 Å². The Bertz CT molecular complexity index is 937. The molecule has 2 N–H and O–H groups in total. The van der Waals surface area contributed by atoms with Crippen LogP contribution in [0.15, 0.2) is 46.0 Å². The normalized spacial score (nSPS) is 10.9. The molecule has 3 aromatic rings. The highest BCUT2D eigenvalue weighted by molar-refractivity contribution is 7.20. The molecule has 0 aliphatic heterocycles. The molecule has 0 fully saturated rings. The molecule has 6 nitrogen and oxygen atoms in total. The number of aromatic nitrogens is 2. The number of fused-ring (bicyclic) bond motifs is 1. The maximum atomic E-state index is 12.4. The van der Waals surface area contributed by atoms with E-state index >= 15 is 0 Å². The van der Waals surface area contributed by atoms with E-state index in [0.717, 1.165) is 21.5 Å². The summed E-state index contributed by atoms with van der Waals surface area (Å²) in [6, 6.07) is 10.4. The minimum absolute atomic E-state index is 0.0233. The standard InChI is InChI=1S/C14H10N2O4S/c17-12-11-9(6-10(21-11)13(18)19)15-14(20)16(12)7-8-4-2-1-3-5-8/h1-6H,7H2,(H,15,20)(H,18,19). The molecule has 0 unspecified atom stereocenters. The third kappa shape index (κ3) is 2.38. The molecule has 0 bridgehead atoms. The number of hydrogen-bond acceptors (Lipinski definition) is 4. The van der Waals surface area contributed by atoms with Gasteiger partial charge in [-0.1, -0.05) is 30.3 Å². The van der Waals surface area contributed by atoms with Gasteiger partial charge in [-0.25, -0.2) is 9.59 Å². The lowest BCUT2D eigenvalue weighted by atomic mass is 10.2. The largest absolute Gasteiger partial charge is 0.477 e. The first kappa shape index (κ1) is 13.3. The topological polar surface area (TPSA) is 92.2 Å². The van der Waals surface area contributed by atoms with Gasteiger partial charge in [0.1, 0.15) is 9.58 Å². The summed E-state index contributed by atoms with van der Waals surface area (Å²) in [7, 11) is 0. The molecule has 0 saturated carbocycles. The minimum atomic E-state index is -1.12. The second-order valence-electron chi connectivity index (χ2n) is 4.47. The van der Waals surface area contributed by atoms with Crippen LogP contribution in [0, 0.1) is 0 Å². The van der Waals surface area contributed by atoms with Crippen LogP contribution in [-0.2, 0) is 6.54 Å². The number of carboxylic acids is 1. The molecule has 106 valence electrons. The van der Waals surface area contributed by atoms with Gasteiger partial charge in [0.15, 0.2) is 0 Å². The first-order valence-electron chi connectivity index (χ1n) is 6.10. The summed E-state index contributed by atoms with van der Waals surface area (Å²) in [6.45, 7) is 0.144. The van der Waals surface area contributed by atoms with E-state index in [4.69, 9.17) is 5.11 Å². The van der Waals surface area contributed by atoms with Crippen molar-refractivity contribution in [2.45, 2.75) is 6.54 Å². The lowest BCUT2D eigenvalue weighted by molar-refractivity contribution is 0.0702. The number of nitrogens with one attached hydrogen (secondary N) is 1. The van der Waals surface area contributed by atoms with Gasteiger partial charge in [-0.05, 0) is 11.6 Å². The predicted molar refractivity (Wildman–Crippen MR) is 79.2 cm³/mol. The van der Waals surface area contributed by atoms with Gasteiger partial charge in [0.05, 0.1) is 12.1 Å². The Labute approximate surface area is 121 Å². The molecule has 7 heteroatoms. The van der Waals surface area contributed by atoms with Crippen LogP contribution < -0.4 is 11.2 Å². The van der Waals surface area contributed by atoms with Crippen LogP contribution in [0.1, 0.15) is 15.2 Å². The van der Waals surface area contributed by atoms with E-state index in [0.29, 0.717) is 0 Å². The molecular weight excluding hydrogens is 292 g/mol. The van der Waals surface area contributed by atoms with Crippen molar-refractivity contribution in [1.29, 1.82) is 0 Å². The molecule has 2 aromatic heterocycles. The SMILES string of the molecule is O=C(O)c1cc2[nH]c(=O)n(Cc3ccccc3)c(=O)c2s1. The summed E-state index contributed by atoms with van der Waals surface area (Å²) in [4.78, 5) is 37.9. The molecule has 21 heavy (non-hydrogen) atoms. The van der Waals surface area contributed by atoms with E-state index in [9.17, 15) is 14.4 Å². The summed E-state index contributed by atoms with van der Waals surface area (Å²) >= 11 is 0.862. The van der Waals surface area contributed by atoms with E-state index in [1.807, 2.05) is 30.3 Å². The van der Waals surface area contributed by atoms with Crippen LogP contribution >= 0.6 is 11.3 Å². The average molecular weight is 302 g/mol. The Morgan fingerprint density at radius 3 is 2.62 bits per heavy atom. The van der Waals surface area contributed by atoms with Gasteiger partial charge in [0.25, 0.3) is 5.56 Å². The number of nitrogens with zero attached hydrogens (tertiary/aromatic N) is 1. The Kier molecular flexibility index (Phi) is 3.19. The number of carbonyl (C=O) groups is 1. The first-order chi connectivity index (χ1) is 10.1. The van der Waals surface area contributed by atoms with E-state index in [1.165, 1.54) is 6.07 Å². The zero-order chi connectivity index (χ0) is 15.0. The molecule has 0 amide bonds. The summed E-state index contributed by atoms with van der Waals surface area (Å²) in [6.07, 6.45) is 0. The smallest absolute Gasteiger partial charge is 0.345 e. The Hall–Kier alpha value is -2.67. The molecule has 0 aliphatic rings. The van der Waals surface area contributed by atoms with Gasteiger partial charge < -0.3 is 10.1 Å². The van der Waals surface area contributed by atoms with Crippen LogP contribution in [0.4, 0.5) is 0 Å². The third-order valence-electron chi connectivity index (χ3n) is 3.05. The molecular formula is C14H10N2O4S. The summed E-state index contributed by atoms with van der Waals surface area (Å²) < 4.78 is 1.31. The molecule has 0 spiro atoms. The van der Waals surface area contributed by atoms with E-state index in [1.54, 1.807) is 0 Å². The fraction of sp³-hybridized carbons (Fsp3) is 0.0714. The molecule has 0 radical (unpaired) electrons. The van der Waals surface area contributed by atoms with Gasteiger partial charge in [0.2, 0.25) is 0 Å². The number of carboxylic acid groups (broad SMARTS) is 1. The monoisotopic (exact) mass is 302 g/mol. The van der Waals surface area contributed by atoms with Gasteiger partial charge >= 0.3 is 11.7 Å². The molecule has 1 aromatic carbocycles. The molecule has 0 atom stereocenters. The fourth-order valence-corrected chi connectivity index (χ4v) is 2.96. The van der Waals surface area contributed by atoms with E-state index < -0.39 is 17.2 Å². The lowest BCUT2D eigenvalue weighted by Crippen LogP contribution is -2.34. The number of hydrogen-bond donors (Lipinski definition) is 2. The first-order valence-corrected chi connectivity index (χ1v) is 6.92. The summed E-state index contributed by atoms with van der Waals surface area (Å²) in [5.41, 5.74) is 0.0531. The number of aromatic carboxylic acids is 1. The van der Waals surface area contributed by atoms with Crippen molar-refractivity contribution < 1.29 is 9.90 Å². The molecule has 2 heterocycles. The highest BCUT2D eigenvalue weighted by Crippen LogP contribution is 2.19. The number of H-pyrrole nitrogens is 1. The Morgan fingerprint density at radius 2 is 1.95 bits per heavy atom. The lowest BCUT2D eigenvalue weighted by Gasteiger charge is -2.04. The summed E-state index contributed by atoms with van der Waals surface area (Å²) in [5, 5.41) is 8.96. The second-order valence-corrected chi connectivity index (χ2v) is 5.52. The van der Waals surface area contributed by atoms with Crippen molar-refractivity contribution >= 4 is 27.5 Å². The van der Waals surface area contributed by atoms with Crippen LogP contribution in [0.3, 0.4) is 0 Å². The Balaban J connectivity index is 2.17. The fourth-order valence-electron chi connectivity index (χ4n) is 2.06. The van der Waals surface area contributed by atoms with Crippen LogP contribution in [0.5, 0.6) is 0 Å². The molecule has 0 saturated heterocycles. The minimum Gasteiger partial charge on any atom is -0.477 e. The Morgan fingerprint density at radius 1 is 1.24 bits per heavy atom. The summed E-state index contributed by atoms with van der Waals surface area (Å²) in [5.74, 6) is -1.12. The maximum Gasteiger partial charge on any atom is 0.345 e. The quantitative estimate of drug-likeness (QED) is 0.767. The zero-order valence-electron chi connectivity index (χ0n) is 10.7. The van der Waals surface area contributed by atoms with Gasteiger partial charge in [-0.3, -0.25) is 9.36 Å². The highest BCUT2D eigenvalue weighted by Gasteiger charge is 2.14. The molecule has 0 aliphatic carbocycles. The second kappa shape index (κ2) is 5.02. The van der Waals surface area contributed by atoms with Crippen molar-refractivity contribution in [1.82, 2.24) is 9.55 Å². The molecule has 3 rings (SSSR count). The zero-order valence-corrected chi connectivity index (χ0v) is 11.5. The average Bonchev–Trinajstić information content (AvgIpc) is 2.89. The number of rotatable bonds is 3. The van der Waals surface area contributed by atoms with Crippen molar-refractivity contribution in [3.8, 4) is 0 Å². The van der Waals surface area contributed by atoms with Crippen molar-refractivity contribution in [3.63, 3.8) is 0 Å². The van der Waals surface area contributed by atoms with Gasteiger partial charge in [-0.15, -0.1) is 11.3 Å². The number of benzene rings is 1. The van der Waals surface area contributed by atoms with Gasteiger partial charge in [0, 0.05) is 0 Å². The van der Waals surface area contributed by atoms with E-state index in [-0.39, 0.29) is 21.6 Å². The van der Waals surface area contributed by atoms with Crippen molar-refractivity contribution in [3.05, 3.63) is 67.7 Å². The van der Waals surface area contributed by atoms with Gasteiger partial charge in [-0.2, -0.15) is 0 Å². The van der Waals surface area contributed by atoms with Crippen LogP contribution in [-0.4, -0.2) is 20.6 Å². The third-order valence-corrected chi connectivity index (χ3v) is 4.16. The van der Waals surface area contributed by atoms with Crippen molar-refractivity contribution in [2.75, 3.05) is 0 Å². The highest BCUT2D eigenvalue weighted by atomic mass is 32.1. The maximum absolute atomic E-state index is 12.4.